The van der Waals surface area contributed by atoms with Gasteiger partial charge in [0, 0.05) is 30.4 Å². The summed E-state index contributed by atoms with van der Waals surface area (Å²) in [6.07, 6.45) is -1.03. The molecule has 2 aliphatic rings. The zero-order valence-electron chi connectivity index (χ0n) is 21.4. The summed E-state index contributed by atoms with van der Waals surface area (Å²) in [5, 5.41) is 10.9. The second-order valence-corrected chi connectivity index (χ2v) is 10.2. The standard InChI is InChI=1S/C27H29F3N4O5/c1-26(17-33-14-24(34(35)36)31-25(33)39-26)18-38-23-8-6-22(7-9-23)32-12-10-20(11-13-32)16-37-15-19-2-4-21(5-3-19)27(28,29)30/h2-9,14,20H,10-13,15-18H2,1H3/t26-/m0/s1. The van der Waals surface area contributed by atoms with Gasteiger partial charge in [0.2, 0.25) is 0 Å². The highest BCUT2D eigenvalue weighted by Gasteiger charge is 2.41. The van der Waals surface area contributed by atoms with Crippen LogP contribution in [0, 0.1) is 16.0 Å². The smallest absolute Gasteiger partial charge is 0.416 e. The molecule has 39 heavy (non-hydrogen) atoms. The first-order valence-corrected chi connectivity index (χ1v) is 12.7. The first kappa shape index (κ1) is 26.8. The fourth-order valence-corrected chi connectivity index (χ4v) is 4.84. The van der Waals surface area contributed by atoms with E-state index in [1.807, 2.05) is 31.2 Å². The largest absolute Gasteiger partial charge is 0.489 e. The zero-order valence-corrected chi connectivity index (χ0v) is 21.4. The van der Waals surface area contributed by atoms with Gasteiger partial charge in [-0.25, -0.2) is 0 Å². The van der Waals surface area contributed by atoms with Crippen LogP contribution < -0.4 is 14.4 Å². The second kappa shape index (κ2) is 10.8. The van der Waals surface area contributed by atoms with E-state index in [1.165, 1.54) is 18.3 Å². The molecule has 9 nitrogen and oxygen atoms in total. The molecule has 208 valence electrons. The Kier molecular flexibility index (Phi) is 7.39. The monoisotopic (exact) mass is 546 g/mol. The number of alkyl halides is 3. The summed E-state index contributed by atoms with van der Waals surface area (Å²) in [6, 6.07) is 13.2. The van der Waals surface area contributed by atoms with Crippen molar-refractivity contribution in [3.63, 3.8) is 0 Å². The Morgan fingerprint density at radius 2 is 1.82 bits per heavy atom. The summed E-state index contributed by atoms with van der Waals surface area (Å²) >= 11 is 0. The lowest BCUT2D eigenvalue weighted by Gasteiger charge is -2.33. The third-order valence-corrected chi connectivity index (χ3v) is 7.02. The molecule has 12 heteroatoms. The number of hydrogen-bond donors (Lipinski definition) is 0. The predicted molar refractivity (Wildman–Crippen MR) is 136 cm³/mol. The Hall–Kier alpha value is -3.80. The topological polar surface area (TPSA) is 91.9 Å². The minimum Gasteiger partial charge on any atom is -0.489 e. The molecule has 1 aromatic heterocycles. The number of hydrogen-bond acceptors (Lipinski definition) is 7. The van der Waals surface area contributed by atoms with Gasteiger partial charge < -0.3 is 29.2 Å². The zero-order chi connectivity index (χ0) is 27.6. The normalized spacial score (nSPS) is 19.5. The maximum Gasteiger partial charge on any atom is 0.416 e. The summed E-state index contributed by atoms with van der Waals surface area (Å²) in [5.74, 6) is 0.866. The van der Waals surface area contributed by atoms with E-state index >= 15 is 0 Å². The lowest BCUT2D eigenvalue weighted by atomic mass is 9.97. The van der Waals surface area contributed by atoms with Crippen molar-refractivity contribution in [2.45, 2.75) is 44.7 Å². The number of rotatable bonds is 9. The number of fused-ring (bicyclic) bond motifs is 1. The van der Waals surface area contributed by atoms with Crippen molar-refractivity contribution in [2.75, 3.05) is 31.2 Å². The molecule has 3 aromatic rings. The van der Waals surface area contributed by atoms with Gasteiger partial charge >= 0.3 is 18.0 Å². The average Bonchev–Trinajstić information content (AvgIpc) is 3.44. The summed E-state index contributed by atoms with van der Waals surface area (Å²) in [6.45, 7) is 5.20. The molecule has 3 heterocycles. The van der Waals surface area contributed by atoms with E-state index in [4.69, 9.17) is 14.2 Å². The molecule has 0 amide bonds. The van der Waals surface area contributed by atoms with E-state index in [0.29, 0.717) is 31.4 Å². The molecule has 0 N–H and O–H groups in total. The van der Waals surface area contributed by atoms with Gasteiger partial charge in [-0.3, -0.25) is 4.57 Å². The highest BCUT2D eigenvalue weighted by atomic mass is 19.4. The van der Waals surface area contributed by atoms with Crippen LogP contribution in [0.15, 0.2) is 54.7 Å². The number of imidazole rings is 1. The van der Waals surface area contributed by atoms with Crippen LogP contribution in [0.2, 0.25) is 0 Å². The number of benzene rings is 2. The van der Waals surface area contributed by atoms with E-state index in [-0.39, 0.29) is 18.4 Å². The van der Waals surface area contributed by atoms with Gasteiger partial charge in [0.25, 0.3) is 0 Å². The van der Waals surface area contributed by atoms with E-state index in [9.17, 15) is 23.3 Å². The minimum atomic E-state index is -4.33. The molecule has 2 aromatic carbocycles. The number of nitrogens with zero attached hydrogens (tertiary/aromatic N) is 4. The van der Waals surface area contributed by atoms with Crippen molar-refractivity contribution < 1.29 is 32.3 Å². The average molecular weight is 547 g/mol. The quantitative estimate of drug-likeness (QED) is 0.260. The van der Waals surface area contributed by atoms with Gasteiger partial charge in [0.15, 0.2) is 5.60 Å². The molecule has 2 aliphatic heterocycles. The highest BCUT2D eigenvalue weighted by Crippen LogP contribution is 2.32. The molecule has 0 radical (unpaired) electrons. The number of nitro groups is 1. The van der Waals surface area contributed by atoms with Crippen LogP contribution in [0.25, 0.3) is 0 Å². The summed E-state index contributed by atoms with van der Waals surface area (Å²) in [5.41, 5.74) is 0.499. The van der Waals surface area contributed by atoms with E-state index in [2.05, 4.69) is 9.88 Å². The number of piperidine rings is 1. The molecule has 0 aliphatic carbocycles. The van der Waals surface area contributed by atoms with Crippen LogP contribution in [0.5, 0.6) is 11.8 Å². The van der Waals surface area contributed by atoms with E-state index < -0.39 is 22.3 Å². The van der Waals surface area contributed by atoms with Gasteiger partial charge in [0.1, 0.15) is 18.6 Å². The lowest BCUT2D eigenvalue weighted by Crippen LogP contribution is -2.38. The first-order chi connectivity index (χ1) is 18.6. The molecule has 1 fully saturated rings. The van der Waals surface area contributed by atoms with Crippen molar-refractivity contribution in [1.82, 2.24) is 9.55 Å². The first-order valence-electron chi connectivity index (χ1n) is 12.7. The van der Waals surface area contributed by atoms with Gasteiger partial charge in [-0.05, 0) is 72.6 Å². The van der Waals surface area contributed by atoms with Crippen molar-refractivity contribution >= 4 is 11.5 Å². The maximum atomic E-state index is 12.7. The van der Waals surface area contributed by atoms with Crippen LogP contribution in [0.3, 0.4) is 0 Å². The summed E-state index contributed by atoms with van der Waals surface area (Å²) in [4.78, 5) is 16.5. The number of anilines is 1. The fraction of sp³-hybridized carbons (Fsp3) is 0.444. The van der Waals surface area contributed by atoms with Gasteiger partial charge in [-0.2, -0.15) is 13.2 Å². The SMILES string of the molecule is C[C@@]1(COc2ccc(N3CCC(COCc4ccc(C(F)(F)F)cc4)CC3)cc2)Cn2cc([N+](=O)[O-])nc2O1. The minimum absolute atomic E-state index is 0.219. The third kappa shape index (κ3) is 6.44. The van der Waals surface area contributed by atoms with Crippen molar-refractivity contribution in [1.29, 1.82) is 0 Å². The predicted octanol–water partition coefficient (Wildman–Crippen LogP) is 5.47. The number of halogens is 3. The van der Waals surface area contributed by atoms with Crippen molar-refractivity contribution in [3.8, 4) is 11.8 Å². The number of ether oxygens (including phenoxy) is 3. The van der Waals surface area contributed by atoms with Crippen LogP contribution in [0.1, 0.15) is 30.9 Å². The van der Waals surface area contributed by atoms with Gasteiger partial charge in [-0.15, -0.1) is 0 Å². The molecule has 1 saturated heterocycles. The van der Waals surface area contributed by atoms with Crippen LogP contribution >= 0.6 is 0 Å². The Labute approximate surface area is 223 Å². The Morgan fingerprint density at radius 1 is 1.13 bits per heavy atom. The van der Waals surface area contributed by atoms with Crippen molar-refractivity contribution in [2.24, 2.45) is 5.92 Å². The van der Waals surface area contributed by atoms with Crippen LogP contribution in [-0.2, 0) is 24.1 Å². The lowest BCUT2D eigenvalue weighted by molar-refractivity contribution is -0.389. The fourth-order valence-electron chi connectivity index (χ4n) is 4.84. The Bertz CT molecular complexity index is 1260. The molecule has 0 unspecified atom stereocenters. The maximum absolute atomic E-state index is 12.7. The summed E-state index contributed by atoms with van der Waals surface area (Å²) < 4.78 is 57.2. The second-order valence-electron chi connectivity index (χ2n) is 10.2. The van der Waals surface area contributed by atoms with Crippen molar-refractivity contribution in [3.05, 3.63) is 76.0 Å². The molecule has 0 bridgehead atoms. The summed E-state index contributed by atoms with van der Waals surface area (Å²) in [7, 11) is 0. The van der Waals surface area contributed by atoms with Gasteiger partial charge in [-0.1, -0.05) is 12.1 Å². The molecule has 1 atom stereocenters. The molecular weight excluding hydrogens is 517 g/mol. The number of aromatic nitrogens is 2. The van der Waals surface area contributed by atoms with E-state index in [1.54, 1.807) is 4.57 Å². The van der Waals surface area contributed by atoms with Crippen LogP contribution in [0.4, 0.5) is 24.7 Å². The molecule has 0 spiro atoms. The molecule has 5 rings (SSSR count). The highest BCUT2D eigenvalue weighted by molar-refractivity contribution is 5.49. The molecular formula is C27H29F3N4O5. The van der Waals surface area contributed by atoms with Gasteiger partial charge in [0.05, 0.1) is 18.7 Å². The molecule has 0 saturated carbocycles. The van der Waals surface area contributed by atoms with E-state index in [0.717, 1.165) is 49.3 Å². The van der Waals surface area contributed by atoms with Crippen LogP contribution in [-0.4, -0.2) is 46.4 Å². The Morgan fingerprint density at radius 3 is 2.44 bits per heavy atom. The third-order valence-electron chi connectivity index (χ3n) is 7.02. The Balaban J connectivity index is 1.03.